The van der Waals surface area contributed by atoms with Crippen molar-refractivity contribution < 1.29 is 22.7 Å². The summed E-state index contributed by atoms with van der Waals surface area (Å²) in [5, 5.41) is 2.66. The van der Waals surface area contributed by atoms with Crippen LogP contribution in [0.2, 0.25) is 0 Å². The number of urea groups is 1. The number of alkyl halides is 3. The zero-order valence-electron chi connectivity index (χ0n) is 13.9. The number of nitrogens with zero attached hydrogens (tertiary/aromatic N) is 2. The van der Waals surface area contributed by atoms with E-state index in [0.29, 0.717) is 13.1 Å². The molecule has 138 valence electrons. The lowest BCUT2D eigenvalue weighted by molar-refractivity contribution is -0.274. The van der Waals surface area contributed by atoms with Gasteiger partial charge in [0.05, 0.1) is 0 Å². The summed E-state index contributed by atoms with van der Waals surface area (Å²) in [6.45, 7) is 1.10. The highest BCUT2D eigenvalue weighted by Crippen LogP contribution is 2.28. The average Bonchev–Trinajstić information content (AvgIpc) is 3.10. The van der Waals surface area contributed by atoms with Gasteiger partial charge in [0.2, 0.25) is 0 Å². The minimum atomic E-state index is -4.77. The van der Waals surface area contributed by atoms with Crippen LogP contribution in [0, 0.1) is 0 Å². The van der Waals surface area contributed by atoms with Crippen LogP contribution in [-0.2, 0) is 6.54 Å². The van der Waals surface area contributed by atoms with E-state index >= 15 is 0 Å². The fourth-order valence-corrected chi connectivity index (χ4v) is 2.99. The number of hydrogen-bond acceptors (Lipinski definition) is 3. The first-order valence-corrected chi connectivity index (χ1v) is 8.19. The molecule has 1 unspecified atom stereocenters. The molecule has 0 saturated carbocycles. The number of nitrogens with one attached hydrogen (secondary N) is 1. The average molecular weight is 365 g/mol. The Kier molecular flexibility index (Phi) is 5.29. The first-order valence-electron chi connectivity index (χ1n) is 8.19. The number of likely N-dealkylation sites (tertiary alicyclic amines) is 1. The molecule has 5 nitrogen and oxygen atoms in total. The Morgan fingerprint density at radius 3 is 2.81 bits per heavy atom. The maximum absolute atomic E-state index is 12.4. The van der Waals surface area contributed by atoms with E-state index in [-0.39, 0.29) is 29.8 Å². The SMILES string of the molecule is O=C(NCc1ccccc1OC(F)(F)F)N1CCC(c2cccnc2)C1. The minimum absolute atomic E-state index is 0.0425. The molecule has 0 radical (unpaired) electrons. The predicted molar refractivity (Wildman–Crippen MR) is 88.5 cm³/mol. The summed E-state index contributed by atoms with van der Waals surface area (Å²) >= 11 is 0. The number of carbonyl (C=O) groups excluding carboxylic acids is 1. The molecular weight excluding hydrogens is 347 g/mol. The predicted octanol–water partition coefficient (Wildman–Crippen LogP) is 3.68. The zero-order valence-corrected chi connectivity index (χ0v) is 13.9. The molecule has 1 fully saturated rings. The van der Waals surface area contributed by atoms with E-state index in [4.69, 9.17) is 0 Å². The number of ether oxygens (including phenoxy) is 1. The Morgan fingerprint density at radius 1 is 1.27 bits per heavy atom. The molecule has 0 aliphatic carbocycles. The van der Waals surface area contributed by atoms with E-state index in [1.54, 1.807) is 23.4 Å². The zero-order chi connectivity index (χ0) is 18.6. The summed E-state index contributed by atoms with van der Waals surface area (Å²) in [7, 11) is 0. The largest absolute Gasteiger partial charge is 0.573 e. The van der Waals surface area contributed by atoms with Gasteiger partial charge >= 0.3 is 12.4 Å². The van der Waals surface area contributed by atoms with E-state index in [1.807, 2.05) is 12.1 Å². The highest BCUT2D eigenvalue weighted by atomic mass is 19.4. The van der Waals surface area contributed by atoms with Crippen LogP contribution < -0.4 is 10.1 Å². The molecule has 2 aromatic rings. The van der Waals surface area contributed by atoms with Crippen molar-refractivity contribution in [3.8, 4) is 5.75 Å². The molecule has 26 heavy (non-hydrogen) atoms. The fourth-order valence-electron chi connectivity index (χ4n) is 2.99. The monoisotopic (exact) mass is 365 g/mol. The fraction of sp³-hybridized carbons (Fsp3) is 0.333. The molecule has 1 atom stereocenters. The van der Waals surface area contributed by atoms with Crippen molar-refractivity contribution in [1.29, 1.82) is 0 Å². The summed E-state index contributed by atoms with van der Waals surface area (Å²) < 4.78 is 41.3. The maximum Gasteiger partial charge on any atom is 0.573 e. The number of rotatable bonds is 4. The summed E-state index contributed by atoms with van der Waals surface area (Å²) in [5.41, 5.74) is 1.34. The van der Waals surface area contributed by atoms with Gasteiger partial charge < -0.3 is 15.0 Å². The van der Waals surface area contributed by atoms with Gasteiger partial charge in [0, 0.05) is 43.5 Å². The third kappa shape index (κ3) is 4.65. The van der Waals surface area contributed by atoms with E-state index in [9.17, 15) is 18.0 Å². The molecule has 2 amide bonds. The second-order valence-electron chi connectivity index (χ2n) is 6.03. The number of halogens is 3. The van der Waals surface area contributed by atoms with Crippen molar-refractivity contribution in [2.24, 2.45) is 0 Å². The highest BCUT2D eigenvalue weighted by molar-refractivity contribution is 5.74. The van der Waals surface area contributed by atoms with Gasteiger partial charge in [-0.3, -0.25) is 4.98 Å². The van der Waals surface area contributed by atoms with Crippen LogP contribution in [0.15, 0.2) is 48.8 Å². The molecular formula is C18H18F3N3O2. The molecule has 1 aliphatic rings. The first-order chi connectivity index (χ1) is 12.4. The lowest BCUT2D eigenvalue weighted by Gasteiger charge is -2.18. The molecule has 1 aromatic heterocycles. The van der Waals surface area contributed by atoms with Crippen LogP contribution >= 0.6 is 0 Å². The lowest BCUT2D eigenvalue weighted by atomic mass is 10.0. The van der Waals surface area contributed by atoms with Crippen LogP contribution in [0.1, 0.15) is 23.5 Å². The molecule has 1 saturated heterocycles. The van der Waals surface area contributed by atoms with Crippen LogP contribution in [0.25, 0.3) is 0 Å². The summed E-state index contributed by atoms with van der Waals surface area (Å²) in [4.78, 5) is 18.1. The Bertz CT molecular complexity index is 753. The topological polar surface area (TPSA) is 54.5 Å². The number of aromatic nitrogens is 1. The Hall–Kier alpha value is -2.77. The van der Waals surface area contributed by atoms with Gasteiger partial charge in [-0.05, 0) is 24.1 Å². The Labute approximate surface area is 148 Å². The minimum Gasteiger partial charge on any atom is -0.405 e. The highest BCUT2D eigenvalue weighted by Gasteiger charge is 2.32. The number of para-hydroxylation sites is 1. The lowest BCUT2D eigenvalue weighted by Crippen LogP contribution is -2.38. The van der Waals surface area contributed by atoms with Crippen molar-refractivity contribution in [2.45, 2.75) is 25.2 Å². The van der Waals surface area contributed by atoms with Gasteiger partial charge in [0.25, 0.3) is 0 Å². The van der Waals surface area contributed by atoms with Crippen molar-refractivity contribution >= 4 is 6.03 Å². The van der Waals surface area contributed by atoms with Crippen LogP contribution in [0.4, 0.5) is 18.0 Å². The molecule has 1 aliphatic heterocycles. The van der Waals surface area contributed by atoms with Crippen molar-refractivity contribution in [1.82, 2.24) is 15.2 Å². The maximum atomic E-state index is 12.4. The van der Waals surface area contributed by atoms with Gasteiger partial charge in [-0.25, -0.2) is 4.79 Å². The molecule has 1 N–H and O–H groups in total. The third-order valence-corrected chi connectivity index (χ3v) is 4.26. The molecule has 3 rings (SSSR count). The summed E-state index contributed by atoms with van der Waals surface area (Å²) in [6, 6.07) is 9.29. The van der Waals surface area contributed by atoms with Crippen molar-refractivity contribution in [3.63, 3.8) is 0 Å². The second-order valence-corrected chi connectivity index (χ2v) is 6.03. The number of pyridine rings is 1. The van der Waals surface area contributed by atoms with Crippen molar-refractivity contribution in [2.75, 3.05) is 13.1 Å². The molecule has 0 spiro atoms. The van der Waals surface area contributed by atoms with Gasteiger partial charge in [0.1, 0.15) is 5.75 Å². The number of amides is 2. The molecule has 8 heteroatoms. The van der Waals surface area contributed by atoms with Gasteiger partial charge in [-0.1, -0.05) is 24.3 Å². The van der Waals surface area contributed by atoms with Crippen LogP contribution in [-0.4, -0.2) is 35.4 Å². The van der Waals surface area contributed by atoms with Gasteiger partial charge in [-0.15, -0.1) is 13.2 Å². The third-order valence-electron chi connectivity index (χ3n) is 4.26. The molecule has 1 aromatic carbocycles. The molecule has 2 heterocycles. The number of benzene rings is 1. The van der Waals surface area contributed by atoms with Gasteiger partial charge in [0.15, 0.2) is 0 Å². The first kappa shape index (κ1) is 18.0. The quantitative estimate of drug-likeness (QED) is 0.899. The number of carbonyl (C=O) groups is 1. The smallest absolute Gasteiger partial charge is 0.405 e. The normalized spacial score (nSPS) is 17.2. The van der Waals surface area contributed by atoms with Crippen LogP contribution in [0.5, 0.6) is 5.75 Å². The van der Waals surface area contributed by atoms with E-state index in [1.165, 1.54) is 18.2 Å². The summed E-state index contributed by atoms with van der Waals surface area (Å²) in [6.07, 6.45) is -0.459. The van der Waals surface area contributed by atoms with E-state index in [2.05, 4.69) is 15.0 Å². The van der Waals surface area contributed by atoms with Crippen molar-refractivity contribution in [3.05, 3.63) is 59.9 Å². The van der Waals surface area contributed by atoms with Crippen LogP contribution in [0.3, 0.4) is 0 Å². The van der Waals surface area contributed by atoms with E-state index < -0.39 is 6.36 Å². The summed E-state index contributed by atoms with van der Waals surface area (Å²) in [5.74, 6) is -0.0924. The second kappa shape index (κ2) is 7.63. The van der Waals surface area contributed by atoms with Gasteiger partial charge in [-0.2, -0.15) is 0 Å². The Morgan fingerprint density at radius 2 is 2.08 bits per heavy atom. The Balaban J connectivity index is 1.57. The molecule has 0 bridgehead atoms. The standard InChI is InChI=1S/C18H18F3N3O2/c19-18(20,21)26-16-6-2-1-4-14(16)11-23-17(25)24-9-7-15(12-24)13-5-3-8-22-10-13/h1-6,8,10,15H,7,9,11-12H2,(H,23,25). The number of hydrogen-bond donors (Lipinski definition) is 1. The van der Waals surface area contributed by atoms with E-state index in [0.717, 1.165) is 12.0 Å².